The van der Waals surface area contributed by atoms with E-state index in [4.69, 9.17) is 0 Å². The second-order valence-electron chi connectivity index (χ2n) is 5.46. The van der Waals surface area contributed by atoms with Gasteiger partial charge in [-0.25, -0.2) is 0 Å². The molecule has 1 saturated carbocycles. The van der Waals surface area contributed by atoms with E-state index in [1.807, 2.05) is 0 Å². The Morgan fingerprint density at radius 2 is 1.78 bits per heavy atom. The molecular weight excluding hydrogens is 290 g/mol. The molecule has 1 saturated heterocycles. The van der Waals surface area contributed by atoms with E-state index in [2.05, 4.69) is 51.2 Å². The largest absolute Gasteiger partial charge is 0.380 e. The van der Waals surface area contributed by atoms with Crippen molar-refractivity contribution in [1.29, 1.82) is 0 Å². The van der Waals surface area contributed by atoms with Crippen molar-refractivity contribution >= 4 is 15.9 Å². The van der Waals surface area contributed by atoms with Crippen LogP contribution in [0.1, 0.15) is 43.7 Å². The minimum atomic E-state index is -0.412. The van der Waals surface area contributed by atoms with E-state index >= 15 is 0 Å². The fourth-order valence-electron chi connectivity index (χ4n) is 3.43. The summed E-state index contributed by atoms with van der Waals surface area (Å²) in [5.74, 6) is 0. The molecule has 0 aromatic heterocycles. The first-order valence-corrected chi connectivity index (χ1v) is 7.85. The van der Waals surface area contributed by atoms with Crippen molar-refractivity contribution in [3.63, 3.8) is 0 Å². The third-order valence-corrected chi connectivity index (χ3v) is 4.86. The van der Waals surface area contributed by atoms with Crippen LogP contribution in [0.5, 0.6) is 0 Å². The minimum absolute atomic E-state index is 0.260. The zero-order chi connectivity index (χ0) is 12.5. The van der Waals surface area contributed by atoms with Crippen molar-refractivity contribution in [2.75, 3.05) is 0 Å². The Morgan fingerprint density at radius 1 is 1.11 bits per heavy atom. The van der Waals surface area contributed by atoms with E-state index in [9.17, 15) is 5.11 Å². The highest BCUT2D eigenvalue weighted by atomic mass is 79.9. The molecule has 1 N–H and O–H groups in total. The first kappa shape index (κ1) is 12.6. The van der Waals surface area contributed by atoms with Crippen molar-refractivity contribution in [2.45, 2.75) is 55.2 Å². The molecule has 1 aliphatic carbocycles. The minimum Gasteiger partial charge on any atom is -0.380 e. The van der Waals surface area contributed by atoms with Gasteiger partial charge in [0.1, 0.15) is 5.01 Å². The summed E-state index contributed by atoms with van der Waals surface area (Å²) in [6, 6.07) is 11.9. The Morgan fingerprint density at radius 3 is 2.39 bits per heavy atom. The van der Waals surface area contributed by atoms with Gasteiger partial charge in [0.25, 0.3) is 0 Å². The lowest BCUT2D eigenvalue weighted by atomic mass is 9.95. The average molecular weight is 310 g/mol. The van der Waals surface area contributed by atoms with Crippen molar-refractivity contribution in [3.8, 4) is 0 Å². The first-order valence-electron chi connectivity index (χ1n) is 6.93. The number of hydrogen-bond acceptors (Lipinski definition) is 2. The van der Waals surface area contributed by atoms with Crippen molar-refractivity contribution in [2.24, 2.45) is 0 Å². The van der Waals surface area contributed by atoms with Crippen molar-refractivity contribution in [3.05, 3.63) is 35.9 Å². The summed E-state index contributed by atoms with van der Waals surface area (Å²) in [6.45, 7) is 0. The van der Waals surface area contributed by atoms with E-state index in [1.165, 1.54) is 37.7 Å². The molecule has 2 nitrogen and oxygen atoms in total. The molecule has 0 bridgehead atoms. The summed E-state index contributed by atoms with van der Waals surface area (Å²) >= 11 is 3.36. The van der Waals surface area contributed by atoms with Gasteiger partial charge in [0, 0.05) is 6.04 Å². The maximum Gasteiger partial charge on any atom is 0.126 e. The number of rotatable bonds is 3. The molecule has 4 atom stereocenters. The number of benzene rings is 1. The highest BCUT2D eigenvalue weighted by Crippen LogP contribution is 2.50. The van der Waals surface area contributed by atoms with Gasteiger partial charge in [-0.2, -0.15) is 0 Å². The van der Waals surface area contributed by atoms with E-state index in [0.29, 0.717) is 12.1 Å². The van der Waals surface area contributed by atoms with Crippen LogP contribution < -0.4 is 0 Å². The summed E-state index contributed by atoms with van der Waals surface area (Å²) in [4.78, 5) is 2.51. The average Bonchev–Trinajstić information content (AvgIpc) is 3.16. The fourth-order valence-corrected chi connectivity index (χ4v) is 3.99. The summed E-state index contributed by atoms with van der Waals surface area (Å²) in [6.07, 6.45) is 6.64. The van der Waals surface area contributed by atoms with E-state index in [1.54, 1.807) is 0 Å². The Balaban J connectivity index is 1.77. The molecule has 1 unspecified atom stereocenters. The Hall–Kier alpha value is -0.380. The van der Waals surface area contributed by atoms with Gasteiger partial charge in [0.05, 0.1) is 12.1 Å². The molecule has 3 rings (SSSR count). The van der Waals surface area contributed by atoms with Crippen LogP contribution in [0, 0.1) is 0 Å². The summed E-state index contributed by atoms with van der Waals surface area (Å²) in [5.41, 5.74) is 1.34. The summed E-state index contributed by atoms with van der Waals surface area (Å²) in [5, 5.41) is 9.49. The number of halogens is 1. The molecule has 1 aromatic carbocycles. The molecule has 1 aliphatic heterocycles. The molecule has 1 heterocycles. The zero-order valence-corrected chi connectivity index (χ0v) is 12.1. The number of nitrogens with zero attached hydrogens (tertiary/aromatic N) is 1. The topological polar surface area (TPSA) is 23.2 Å². The molecular formula is C15H20BrNO. The van der Waals surface area contributed by atoms with Crippen molar-refractivity contribution in [1.82, 2.24) is 4.90 Å². The second kappa shape index (κ2) is 5.32. The van der Waals surface area contributed by atoms with E-state index < -0.39 is 5.01 Å². The van der Waals surface area contributed by atoms with Crippen LogP contribution in [0.3, 0.4) is 0 Å². The second-order valence-corrected chi connectivity index (χ2v) is 6.40. The lowest BCUT2D eigenvalue weighted by Crippen LogP contribution is -2.26. The quantitative estimate of drug-likeness (QED) is 0.682. The standard InChI is InChI=1S/C15H20BrNO/c16-15(18)14-13(11-7-3-1-4-8-11)17(14)12-9-5-2-6-10-12/h1,3-4,7-8,12-15,18H,2,5-6,9-10H2/t13-,14+,15+,17?/m0/s1. The lowest BCUT2D eigenvalue weighted by Gasteiger charge is -2.24. The van der Waals surface area contributed by atoms with Crippen LogP contribution in [0.25, 0.3) is 0 Å². The Labute approximate surface area is 117 Å². The highest BCUT2D eigenvalue weighted by Gasteiger charge is 2.54. The molecule has 98 valence electrons. The van der Waals surface area contributed by atoms with Gasteiger partial charge < -0.3 is 5.11 Å². The molecule has 0 amide bonds. The Bertz CT molecular complexity index is 389. The first-order chi connectivity index (χ1) is 8.79. The molecule has 2 fully saturated rings. The molecule has 1 aromatic rings. The third kappa shape index (κ3) is 2.36. The summed E-state index contributed by atoms with van der Waals surface area (Å²) < 4.78 is 0. The number of aliphatic hydroxyl groups excluding tert-OH is 1. The monoisotopic (exact) mass is 309 g/mol. The van der Waals surface area contributed by atoms with Gasteiger partial charge >= 0.3 is 0 Å². The molecule has 2 aliphatic rings. The smallest absolute Gasteiger partial charge is 0.126 e. The fraction of sp³-hybridized carbons (Fsp3) is 0.600. The van der Waals surface area contributed by atoms with E-state index in [0.717, 1.165) is 0 Å². The molecule has 0 radical (unpaired) electrons. The molecule has 0 spiro atoms. The van der Waals surface area contributed by atoms with Crippen molar-refractivity contribution < 1.29 is 5.11 Å². The number of aliphatic hydroxyl groups is 1. The van der Waals surface area contributed by atoms with E-state index in [-0.39, 0.29) is 6.04 Å². The van der Waals surface area contributed by atoms with Crippen LogP contribution in [-0.2, 0) is 0 Å². The highest BCUT2D eigenvalue weighted by molar-refractivity contribution is 9.09. The lowest BCUT2D eigenvalue weighted by molar-refractivity contribution is 0.210. The van der Waals surface area contributed by atoms with Crippen LogP contribution in [0.15, 0.2) is 30.3 Å². The van der Waals surface area contributed by atoms with Gasteiger partial charge in [-0.15, -0.1) is 0 Å². The van der Waals surface area contributed by atoms with Gasteiger partial charge in [-0.05, 0) is 18.4 Å². The SMILES string of the molecule is O[C@@H](Br)[C@H]1[C@H](c2ccccc2)N1C1CCCCC1. The predicted molar refractivity (Wildman–Crippen MR) is 76.6 cm³/mol. The van der Waals surface area contributed by atoms with Crippen LogP contribution >= 0.6 is 15.9 Å². The predicted octanol–water partition coefficient (Wildman–Crippen LogP) is 3.46. The zero-order valence-electron chi connectivity index (χ0n) is 10.5. The maximum atomic E-state index is 9.90. The molecule has 18 heavy (non-hydrogen) atoms. The van der Waals surface area contributed by atoms with Gasteiger partial charge in [0.2, 0.25) is 0 Å². The van der Waals surface area contributed by atoms with Gasteiger partial charge in [-0.3, -0.25) is 4.90 Å². The number of hydrogen-bond donors (Lipinski definition) is 1. The van der Waals surface area contributed by atoms with Crippen LogP contribution in [0.4, 0.5) is 0 Å². The maximum absolute atomic E-state index is 9.90. The summed E-state index contributed by atoms with van der Waals surface area (Å²) in [7, 11) is 0. The van der Waals surface area contributed by atoms with Crippen LogP contribution in [0.2, 0.25) is 0 Å². The number of alkyl halides is 1. The Kier molecular flexibility index (Phi) is 3.73. The molecule has 3 heteroatoms. The van der Waals surface area contributed by atoms with Gasteiger partial charge in [0.15, 0.2) is 0 Å². The normalized spacial score (nSPS) is 34.2. The van der Waals surface area contributed by atoms with Gasteiger partial charge in [-0.1, -0.05) is 65.5 Å². The van der Waals surface area contributed by atoms with Crippen LogP contribution in [-0.4, -0.2) is 27.1 Å². The third-order valence-electron chi connectivity index (χ3n) is 4.32.